The zero-order chi connectivity index (χ0) is 12.3. The topological polar surface area (TPSA) is 20.3 Å². The van der Waals surface area contributed by atoms with Crippen LogP contribution >= 0.6 is 22.6 Å². The van der Waals surface area contributed by atoms with Crippen molar-refractivity contribution in [2.45, 2.75) is 49.4 Å². The van der Waals surface area contributed by atoms with Gasteiger partial charge in [0.2, 0.25) is 0 Å². The molecular weight excluding hydrogens is 325 g/mol. The minimum absolute atomic E-state index is 0.375. The third kappa shape index (κ3) is 4.19. The zero-order valence-corrected chi connectivity index (χ0v) is 13.0. The molecule has 2 rings (SSSR count). The minimum atomic E-state index is 0.375. The summed E-state index contributed by atoms with van der Waals surface area (Å²) in [4.78, 5) is 14.6. The number of carbonyl (C=O) groups is 1. The highest BCUT2D eigenvalue weighted by molar-refractivity contribution is 14.1. The Morgan fingerprint density at radius 2 is 1.71 bits per heavy atom. The van der Waals surface area contributed by atoms with E-state index in [0.717, 1.165) is 42.3 Å². The van der Waals surface area contributed by atoms with Gasteiger partial charge >= 0.3 is 0 Å². The molecule has 3 heteroatoms. The van der Waals surface area contributed by atoms with Crippen LogP contribution in [-0.2, 0) is 4.79 Å². The fourth-order valence-electron chi connectivity index (χ4n) is 2.94. The van der Waals surface area contributed by atoms with E-state index in [1.54, 1.807) is 0 Å². The van der Waals surface area contributed by atoms with Crippen molar-refractivity contribution in [2.75, 3.05) is 19.6 Å². The van der Waals surface area contributed by atoms with Crippen molar-refractivity contribution in [1.29, 1.82) is 0 Å². The number of rotatable bonds is 3. The quantitative estimate of drug-likeness (QED) is 0.576. The van der Waals surface area contributed by atoms with Gasteiger partial charge in [-0.3, -0.25) is 9.69 Å². The second-order valence-corrected chi connectivity index (χ2v) is 7.64. The third-order valence-corrected chi connectivity index (χ3v) is 5.61. The molecule has 1 aliphatic heterocycles. The molecule has 1 aliphatic carbocycles. The average Bonchev–Trinajstić information content (AvgIpc) is 2.33. The lowest BCUT2D eigenvalue weighted by molar-refractivity contribution is -0.125. The highest BCUT2D eigenvalue weighted by Gasteiger charge is 2.27. The lowest BCUT2D eigenvalue weighted by atomic mass is 9.86. The molecule has 0 unspecified atom stereocenters. The van der Waals surface area contributed by atoms with Gasteiger partial charge in [0.05, 0.1) is 6.54 Å². The van der Waals surface area contributed by atoms with Crippen molar-refractivity contribution in [2.24, 2.45) is 11.8 Å². The molecule has 0 atom stereocenters. The van der Waals surface area contributed by atoms with Gasteiger partial charge in [-0.05, 0) is 57.5 Å². The first-order valence-corrected chi connectivity index (χ1v) is 8.29. The Morgan fingerprint density at radius 3 is 2.29 bits per heavy atom. The summed E-state index contributed by atoms with van der Waals surface area (Å²) in [5, 5.41) is 0. The first-order chi connectivity index (χ1) is 8.15. The van der Waals surface area contributed by atoms with Crippen LogP contribution in [-0.4, -0.2) is 34.2 Å². The molecule has 1 heterocycles. The predicted octanol–water partition coefficient (Wildman–Crippen LogP) is 3.28. The van der Waals surface area contributed by atoms with Crippen molar-refractivity contribution in [3.63, 3.8) is 0 Å². The van der Waals surface area contributed by atoms with Gasteiger partial charge in [-0.2, -0.15) is 0 Å². The molecule has 1 saturated heterocycles. The number of Topliss-reactive ketones (excluding diaryl/α,β-unsaturated/α-hetero) is 1. The molecule has 1 saturated carbocycles. The first-order valence-electron chi connectivity index (χ1n) is 7.04. The van der Waals surface area contributed by atoms with Crippen molar-refractivity contribution in [3.8, 4) is 0 Å². The van der Waals surface area contributed by atoms with Gasteiger partial charge in [0.1, 0.15) is 5.78 Å². The molecule has 0 amide bonds. The van der Waals surface area contributed by atoms with Gasteiger partial charge in [0, 0.05) is 9.84 Å². The summed E-state index contributed by atoms with van der Waals surface area (Å²) < 4.78 is 0.812. The second kappa shape index (κ2) is 6.50. The number of halogens is 1. The minimum Gasteiger partial charge on any atom is -0.298 e. The molecule has 0 aromatic rings. The van der Waals surface area contributed by atoms with E-state index in [0.29, 0.717) is 11.7 Å². The van der Waals surface area contributed by atoms with Crippen molar-refractivity contribution < 1.29 is 4.79 Å². The number of nitrogens with zero attached hydrogens (tertiary/aromatic N) is 1. The van der Waals surface area contributed by atoms with Crippen molar-refractivity contribution >= 4 is 28.4 Å². The van der Waals surface area contributed by atoms with Crippen LogP contribution in [0, 0.1) is 11.8 Å². The Hall–Kier alpha value is 0.360. The molecule has 2 aliphatic rings. The van der Waals surface area contributed by atoms with E-state index in [1.165, 1.54) is 25.7 Å². The summed E-state index contributed by atoms with van der Waals surface area (Å²) in [5.41, 5.74) is 0. The molecule has 0 aromatic carbocycles. The summed E-state index contributed by atoms with van der Waals surface area (Å²) in [7, 11) is 0. The summed E-state index contributed by atoms with van der Waals surface area (Å²) in [5.74, 6) is 1.75. The average molecular weight is 349 g/mol. The van der Waals surface area contributed by atoms with Gasteiger partial charge in [0.25, 0.3) is 0 Å². The number of piperidine rings is 1. The van der Waals surface area contributed by atoms with Crippen molar-refractivity contribution in [1.82, 2.24) is 4.90 Å². The number of hydrogen-bond donors (Lipinski definition) is 0. The maximum absolute atomic E-state index is 12.2. The maximum Gasteiger partial charge on any atom is 0.149 e. The van der Waals surface area contributed by atoms with Crippen LogP contribution in [0.4, 0.5) is 0 Å². The number of hydrogen-bond acceptors (Lipinski definition) is 2. The fourth-order valence-corrected chi connectivity index (χ4v) is 3.66. The van der Waals surface area contributed by atoms with Crippen molar-refractivity contribution in [3.05, 3.63) is 0 Å². The monoisotopic (exact) mass is 349 g/mol. The van der Waals surface area contributed by atoms with E-state index in [-0.39, 0.29) is 0 Å². The molecule has 0 bridgehead atoms. The van der Waals surface area contributed by atoms with E-state index in [1.807, 2.05) is 0 Å². The fraction of sp³-hybridized carbons (Fsp3) is 0.929. The largest absolute Gasteiger partial charge is 0.298 e. The molecule has 0 aromatic heterocycles. The molecule has 0 spiro atoms. The number of carbonyl (C=O) groups excluding carboxylic acids is 1. The number of likely N-dealkylation sites (tertiary alicyclic amines) is 1. The highest BCUT2D eigenvalue weighted by atomic mass is 127. The lowest BCUT2D eigenvalue weighted by Gasteiger charge is -2.31. The second-order valence-electron chi connectivity index (χ2n) is 5.87. The first kappa shape index (κ1) is 13.8. The van der Waals surface area contributed by atoms with Gasteiger partial charge in [-0.15, -0.1) is 0 Å². The van der Waals surface area contributed by atoms with Crippen LogP contribution in [0.5, 0.6) is 0 Å². The van der Waals surface area contributed by atoms with E-state index < -0.39 is 0 Å². The summed E-state index contributed by atoms with van der Waals surface area (Å²) in [6, 6.07) is 0. The van der Waals surface area contributed by atoms with E-state index in [2.05, 4.69) is 34.4 Å². The molecular formula is C14H24INO. The van der Waals surface area contributed by atoms with E-state index in [4.69, 9.17) is 0 Å². The van der Waals surface area contributed by atoms with Crippen LogP contribution < -0.4 is 0 Å². The Balaban J connectivity index is 1.73. The molecule has 2 fully saturated rings. The summed E-state index contributed by atoms with van der Waals surface area (Å²) in [6.45, 7) is 5.31. The van der Waals surface area contributed by atoms with Gasteiger partial charge in [-0.1, -0.05) is 29.5 Å². The zero-order valence-electron chi connectivity index (χ0n) is 10.8. The number of ketones is 1. The molecule has 17 heavy (non-hydrogen) atoms. The summed E-state index contributed by atoms with van der Waals surface area (Å²) in [6.07, 6.45) is 7.30. The smallest absolute Gasteiger partial charge is 0.149 e. The van der Waals surface area contributed by atoms with Crippen LogP contribution in [0.2, 0.25) is 0 Å². The number of alkyl halides is 1. The van der Waals surface area contributed by atoms with Gasteiger partial charge in [0.15, 0.2) is 0 Å². The molecule has 0 N–H and O–H groups in total. The Labute approximate surface area is 119 Å². The van der Waals surface area contributed by atoms with Crippen LogP contribution in [0.1, 0.15) is 45.4 Å². The predicted molar refractivity (Wildman–Crippen MR) is 79.6 cm³/mol. The SMILES string of the molecule is CC1CCN(CC(=O)C2CCC(I)CC2)CC1. The van der Waals surface area contributed by atoms with Crippen LogP contribution in [0.25, 0.3) is 0 Å². The Kier molecular flexibility index (Phi) is 5.27. The molecule has 0 radical (unpaired) electrons. The third-order valence-electron chi connectivity index (χ3n) is 4.37. The highest BCUT2D eigenvalue weighted by Crippen LogP contribution is 2.30. The van der Waals surface area contributed by atoms with Gasteiger partial charge < -0.3 is 0 Å². The van der Waals surface area contributed by atoms with Crippen LogP contribution in [0.3, 0.4) is 0 Å². The Bertz CT molecular complexity index is 253. The molecule has 2 nitrogen and oxygen atoms in total. The Morgan fingerprint density at radius 1 is 1.12 bits per heavy atom. The van der Waals surface area contributed by atoms with E-state index in [9.17, 15) is 4.79 Å². The van der Waals surface area contributed by atoms with Gasteiger partial charge in [-0.25, -0.2) is 0 Å². The van der Waals surface area contributed by atoms with E-state index >= 15 is 0 Å². The summed E-state index contributed by atoms with van der Waals surface area (Å²) >= 11 is 2.53. The molecule has 98 valence electrons. The normalized spacial score (nSPS) is 32.6. The standard InChI is InChI=1S/C14H24INO/c1-11-6-8-16(9-7-11)10-14(17)12-2-4-13(15)5-3-12/h11-13H,2-10H2,1H3. The lowest BCUT2D eigenvalue weighted by Crippen LogP contribution is -2.39. The maximum atomic E-state index is 12.2. The van der Waals surface area contributed by atoms with Crippen LogP contribution in [0.15, 0.2) is 0 Å².